The van der Waals surface area contributed by atoms with Gasteiger partial charge < -0.3 is 25.0 Å². The number of carbonyl (C=O) groups excluding carboxylic acids is 3. The number of carbonyl (C=O) groups is 3. The number of allylic oxidation sites excluding steroid dienone is 1. The van der Waals surface area contributed by atoms with E-state index in [2.05, 4.69) is 24.1 Å². The zero-order chi connectivity index (χ0) is 27.3. The fourth-order valence-corrected chi connectivity index (χ4v) is 5.93. The van der Waals surface area contributed by atoms with Crippen LogP contribution in [0.5, 0.6) is 0 Å². The highest BCUT2D eigenvalue weighted by atomic mass is 16.5. The molecular formula is C29H43N3O5. The molecule has 1 fully saturated rings. The van der Waals surface area contributed by atoms with Crippen LogP contribution in [0.1, 0.15) is 48.0 Å². The number of nitrogens with zero attached hydrogens (tertiary/aromatic N) is 2. The van der Waals surface area contributed by atoms with Crippen molar-refractivity contribution in [2.75, 3.05) is 36.5 Å². The molecule has 8 heteroatoms. The largest absolute Gasteiger partial charge is 0.466 e. The molecule has 37 heavy (non-hydrogen) atoms. The SMILES string of the molecule is CCOC(=O)[C@H]1[C@H]2C(=O)N([C@@H](CO)C(C)C)[C@H](C(=O)Nc3ccc(N(CC)CC)cc3)[C@H]2C=C[C@H]1CC. The summed E-state index contributed by atoms with van der Waals surface area (Å²) in [6, 6.07) is 6.27. The number of aliphatic hydroxyl groups is 1. The first-order valence-corrected chi connectivity index (χ1v) is 13.7. The van der Waals surface area contributed by atoms with Gasteiger partial charge in [0.15, 0.2) is 0 Å². The van der Waals surface area contributed by atoms with E-state index in [1.54, 1.807) is 6.92 Å². The van der Waals surface area contributed by atoms with Gasteiger partial charge in [-0.25, -0.2) is 0 Å². The maximum absolute atomic E-state index is 14.0. The molecule has 0 radical (unpaired) electrons. The van der Waals surface area contributed by atoms with Crippen LogP contribution in [0.25, 0.3) is 0 Å². The van der Waals surface area contributed by atoms with Crippen LogP contribution in [-0.2, 0) is 19.1 Å². The van der Waals surface area contributed by atoms with Gasteiger partial charge in [-0.15, -0.1) is 0 Å². The lowest BCUT2D eigenvalue weighted by Crippen LogP contribution is -2.52. The van der Waals surface area contributed by atoms with Crippen LogP contribution in [0.3, 0.4) is 0 Å². The molecule has 1 saturated heterocycles. The molecule has 1 aliphatic heterocycles. The molecule has 2 amide bonds. The van der Waals surface area contributed by atoms with Crippen LogP contribution >= 0.6 is 0 Å². The van der Waals surface area contributed by atoms with Crippen LogP contribution in [0.2, 0.25) is 0 Å². The Bertz CT molecular complexity index is 972. The first-order chi connectivity index (χ1) is 17.7. The Morgan fingerprint density at radius 2 is 1.73 bits per heavy atom. The molecular weight excluding hydrogens is 470 g/mol. The standard InChI is InChI=1S/C29H43N3O5/c1-7-19-11-16-22-25(24(19)29(36)37-10-4)28(35)32(23(17-33)18(5)6)26(22)27(34)30-20-12-14-21(15-13-20)31(8-2)9-3/h11-16,18-19,22-26,33H,7-10,17H2,1-6H3,(H,30,34)/t19-,22+,23+,24-,25+,26+/m1/s1. The van der Waals surface area contributed by atoms with Crippen LogP contribution in [0, 0.1) is 29.6 Å². The molecule has 6 atom stereocenters. The first-order valence-electron chi connectivity index (χ1n) is 13.7. The average molecular weight is 514 g/mol. The van der Waals surface area contributed by atoms with Gasteiger partial charge in [0.2, 0.25) is 11.8 Å². The number of likely N-dealkylation sites (tertiary alicyclic amines) is 1. The number of esters is 1. The van der Waals surface area contributed by atoms with E-state index in [9.17, 15) is 19.5 Å². The Hall–Kier alpha value is -2.87. The van der Waals surface area contributed by atoms with Crippen molar-refractivity contribution >= 4 is 29.2 Å². The van der Waals surface area contributed by atoms with E-state index in [-0.39, 0.29) is 36.9 Å². The zero-order valence-electron chi connectivity index (χ0n) is 23.0. The van der Waals surface area contributed by atoms with Gasteiger partial charge in [0.05, 0.1) is 31.1 Å². The minimum Gasteiger partial charge on any atom is -0.466 e. The van der Waals surface area contributed by atoms with Crippen molar-refractivity contribution in [3.05, 3.63) is 36.4 Å². The highest BCUT2D eigenvalue weighted by Crippen LogP contribution is 2.46. The summed E-state index contributed by atoms with van der Waals surface area (Å²) in [6.45, 7) is 13.5. The molecule has 1 aromatic rings. The van der Waals surface area contributed by atoms with E-state index >= 15 is 0 Å². The topological polar surface area (TPSA) is 99.2 Å². The van der Waals surface area contributed by atoms with E-state index in [0.29, 0.717) is 12.1 Å². The molecule has 3 rings (SSSR count). The Morgan fingerprint density at radius 1 is 1.08 bits per heavy atom. The minimum atomic E-state index is -0.842. The summed E-state index contributed by atoms with van der Waals surface area (Å²) in [7, 11) is 0. The fraction of sp³-hybridized carbons (Fsp3) is 0.621. The second-order valence-electron chi connectivity index (χ2n) is 10.2. The number of benzene rings is 1. The normalized spacial score (nSPS) is 25.7. The molecule has 0 aromatic heterocycles. The lowest BCUT2D eigenvalue weighted by molar-refractivity contribution is -0.156. The predicted molar refractivity (Wildman–Crippen MR) is 145 cm³/mol. The van der Waals surface area contributed by atoms with E-state index < -0.39 is 35.8 Å². The van der Waals surface area contributed by atoms with E-state index in [1.807, 2.05) is 57.2 Å². The zero-order valence-corrected chi connectivity index (χ0v) is 23.0. The van der Waals surface area contributed by atoms with Crippen molar-refractivity contribution in [2.45, 2.75) is 60.0 Å². The van der Waals surface area contributed by atoms with Gasteiger partial charge in [0.1, 0.15) is 6.04 Å². The molecule has 1 aromatic carbocycles. The number of amides is 2. The number of ether oxygens (including phenoxy) is 1. The Kier molecular flexibility index (Phi) is 9.76. The van der Waals surface area contributed by atoms with Gasteiger partial charge in [-0.1, -0.05) is 32.9 Å². The van der Waals surface area contributed by atoms with Crippen molar-refractivity contribution in [1.29, 1.82) is 0 Å². The Balaban J connectivity index is 1.98. The Labute approximate surface area is 221 Å². The molecule has 0 spiro atoms. The third-order valence-electron chi connectivity index (χ3n) is 7.92. The molecule has 0 bridgehead atoms. The lowest BCUT2D eigenvalue weighted by atomic mass is 9.69. The quantitative estimate of drug-likeness (QED) is 0.346. The second-order valence-corrected chi connectivity index (χ2v) is 10.2. The van der Waals surface area contributed by atoms with Gasteiger partial charge in [-0.05, 0) is 63.3 Å². The lowest BCUT2D eigenvalue weighted by Gasteiger charge is -2.35. The smallest absolute Gasteiger partial charge is 0.310 e. The molecule has 1 heterocycles. The number of aliphatic hydroxyl groups excluding tert-OH is 1. The maximum Gasteiger partial charge on any atom is 0.310 e. The molecule has 2 N–H and O–H groups in total. The highest BCUT2D eigenvalue weighted by Gasteiger charge is 2.59. The minimum absolute atomic E-state index is 0.0789. The van der Waals surface area contributed by atoms with Gasteiger partial charge in [0, 0.05) is 30.4 Å². The first kappa shape index (κ1) is 28.7. The number of anilines is 2. The van der Waals surface area contributed by atoms with Crippen LogP contribution in [0.4, 0.5) is 11.4 Å². The maximum atomic E-state index is 14.0. The van der Waals surface area contributed by atoms with Crippen molar-refractivity contribution < 1.29 is 24.2 Å². The summed E-state index contributed by atoms with van der Waals surface area (Å²) in [6.07, 6.45) is 4.57. The predicted octanol–water partition coefficient (Wildman–Crippen LogP) is 3.71. The molecule has 0 saturated carbocycles. The third kappa shape index (κ3) is 5.69. The van der Waals surface area contributed by atoms with Gasteiger partial charge in [-0.2, -0.15) is 0 Å². The number of rotatable bonds is 11. The van der Waals surface area contributed by atoms with Crippen molar-refractivity contribution in [2.24, 2.45) is 29.6 Å². The second kappa shape index (κ2) is 12.6. The van der Waals surface area contributed by atoms with Crippen LogP contribution in [-0.4, -0.2) is 66.2 Å². The monoisotopic (exact) mass is 513 g/mol. The van der Waals surface area contributed by atoms with Gasteiger partial charge >= 0.3 is 5.97 Å². The summed E-state index contributed by atoms with van der Waals surface area (Å²) >= 11 is 0. The molecule has 204 valence electrons. The van der Waals surface area contributed by atoms with Gasteiger partial charge in [0.25, 0.3) is 0 Å². The third-order valence-corrected chi connectivity index (χ3v) is 7.92. The molecule has 1 aliphatic carbocycles. The van der Waals surface area contributed by atoms with Crippen molar-refractivity contribution in [1.82, 2.24) is 4.90 Å². The number of nitrogens with one attached hydrogen (secondary N) is 1. The van der Waals surface area contributed by atoms with Gasteiger partial charge in [-0.3, -0.25) is 14.4 Å². The molecule has 8 nitrogen and oxygen atoms in total. The van der Waals surface area contributed by atoms with E-state index in [4.69, 9.17) is 4.74 Å². The average Bonchev–Trinajstić information content (AvgIpc) is 3.17. The summed E-state index contributed by atoms with van der Waals surface area (Å²) in [5, 5.41) is 13.2. The van der Waals surface area contributed by atoms with Crippen molar-refractivity contribution in [3.8, 4) is 0 Å². The number of hydrogen-bond donors (Lipinski definition) is 2. The summed E-state index contributed by atoms with van der Waals surface area (Å²) in [5.74, 6) is -3.08. The number of fused-ring (bicyclic) bond motifs is 1. The fourth-order valence-electron chi connectivity index (χ4n) is 5.93. The molecule has 2 aliphatic rings. The summed E-state index contributed by atoms with van der Waals surface area (Å²) in [4.78, 5) is 44.6. The van der Waals surface area contributed by atoms with Crippen LogP contribution in [0.15, 0.2) is 36.4 Å². The van der Waals surface area contributed by atoms with Crippen molar-refractivity contribution in [3.63, 3.8) is 0 Å². The summed E-state index contributed by atoms with van der Waals surface area (Å²) in [5.41, 5.74) is 1.70. The Morgan fingerprint density at radius 3 is 2.24 bits per heavy atom. The van der Waals surface area contributed by atoms with Crippen LogP contribution < -0.4 is 10.2 Å². The van der Waals surface area contributed by atoms with E-state index in [0.717, 1.165) is 18.8 Å². The summed E-state index contributed by atoms with van der Waals surface area (Å²) < 4.78 is 5.38. The van der Waals surface area contributed by atoms with E-state index in [1.165, 1.54) is 4.90 Å². The highest BCUT2D eigenvalue weighted by molar-refractivity contribution is 6.01. The number of hydrogen-bond acceptors (Lipinski definition) is 6. The molecule has 0 unspecified atom stereocenters.